The first-order chi connectivity index (χ1) is 8.25. The minimum atomic E-state index is -0.188. The van der Waals surface area contributed by atoms with Crippen LogP contribution in [0.1, 0.15) is 5.56 Å². The molecule has 1 atom stereocenters. The SMILES string of the molecule is Fc1cc(CNCC2CSCCS2)ccc1Br. The minimum absolute atomic E-state index is 0.188. The lowest BCUT2D eigenvalue weighted by molar-refractivity contribution is 0.614. The Morgan fingerprint density at radius 2 is 2.29 bits per heavy atom. The van der Waals surface area contributed by atoms with Crippen molar-refractivity contribution in [2.24, 2.45) is 0 Å². The Morgan fingerprint density at radius 3 is 3.00 bits per heavy atom. The number of hydrogen-bond acceptors (Lipinski definition) is 3. The predicted molar refractivity (Wildman–Crippen MR) is 79.4 cm³/mol. The van der Waals surface area contributed by atoms with Gasteiger partial charge in [0.1, 0.15) is 5.82 Å². The normalized spacial score (nSPS) is 20.5. The van der Waals surface area contributed by atoms with E-state index in [4.69, 9.17) is 0 Å². The molecule has 0 spiro atoms. The molecule has 1 aromatic carbocycles. The molecule has 1 unspecified atom stereocenters. The Labute approximate surface area is 118 Å². The predicted octanol–water partition coefficient (Wildman–Crippen LogP) is 3.53. The topological polar surface area (TPSA) is 12.0 Å². The zero-order chi connectivity index (χ0) is 12.1. The fourth-order valence-corrected chi connectivity index (χ4v) is 4.57. The zero-order valence-corrected chi connectivity index (χ0v) is 12.6. The summed E-state index contributed by atoms with van der Waals surface area (Å²) in [6.07, 6.45) is 0. The molecule has 0 amide bonds. The van der Waals surface area contributed by atoms with E-state index in [2.05, 4.69) is 21.2 Å². The van der Waals surface area contributed by atoms with E-state index in [1.807, 2.05) is 29.6 Å². The van der Waals surface area contributed by atoms with Gasteiger partial charge in [-0.25, -0.2) is 4.39 Å². The second-order valence-corrected chi connectivity index (χ2v) is 7.36. The molecular weight excluding hydrogens is 321 g/mol. The molecule has 5 heteroatoms. The molecule has 17 heavy (non-hydrogen) atoms. The van der Waals surface area contributed by atoms with Gasteiger partial charge in [-0.1, -0.05) is 6.07 Å². The number of hydrogen-bond donors (Lipinski definition) is 1. The van der Waals surface area contributed by atoms with Gasteiger partial charge in [0.2, 0.25) is 0 Å². The fourth-order valence-electron chi connectivity index (χ4n) is 1.68. The average molecular weight is 336 g/mol. The summed E-state index contributed by atoms with van der Waals surface area (Å²) in [6, 6.07) is 5.29. The fraction of sp³-hybridized carbons (Fsp3) is 0.500. The summed E-state index contributed by atoms with van der Waals surface area (Å²) in [5.41, 5.74) is 0.999. The molecule has 0 aromatic heterocycles. The first-order valence-corrected chi connectivity index (χ1v) is 8.59. The van der Waals surface area contributed by atoms with Gasteiger partial charge < -0.3 is 5.32 Å². The van der Waals surface area contributed by atoms with Crippen LogP contribution in [0.2, 0.25) is 0 Å². The molecule has 1 aliphatic rings. The Morgan fingerprint density at radius 1 is 1.41 bits per heavy atom. The van der Waals surface area contributed by atoms with Crippen molar-refractivity contribution in [1.29, 1.82) is 0 Å². The lowest BCUT2D eigenvalue weighted by Crippen LogP contribution is -2.28. The molecule has 94 valence electrons. The molecule has 0 bridgehead atoms. The Bertz CT molecular complexity index is 370. The van der Waals surface area contributed by atoms with E-state index in [0.717, 1.165) is 18.7 Å². The molecule has 1 aliphatic heterocycles. The van der Waals surface area contributed by atoms with E-state index in [1.54, 1.807) is 12.1 Å². The standard InChI is InChI=1S/C12H15BrFNS2/c13-11-2-1-9(5-12(11)14)6-15-7-10-8-16-3-4-17-10/h1-2,5,10,15H,3-4,6-8H2. The number of benzene rings is 1. The second-order valence-electron chi connectivity index (χ2n) is 3.95. The maximum Gasteiger partial charge on any atom is 0.137 e. The largest absolute Gasteiger partial charge is 0.312 e. The van der Waals surface area contributed by atoms with Crippen molar-refractivity contribution >= 4 is 39.5 Å². The molecule has 1 nitrogen and oxygen atoms in total. The van der Waals surface area contributed by atoms with Crippen molar-refractivity contribution in [3.8, 4) is 0 Å². The van der Waals surface area contributed by atoms with Crippen LogP contribution in [0.25, 0.3) is 0 Å². The van der Waals surface area contributed by atoms with Gasteiger partial charge in [-0.2, -0.15) is 23.5 Å². The third-order valence-corrected chi connectivity index (χ3v) is 6.06. The highest BCUT2D eigenvalue weighted by molar-refractivity contribution is 9.10. The maximum atomic E-state index is 13.3. The summed E-state index contributed by atoms with van der Waals surface area (Å²) in [4.78, 5) is 0. The van der Waals surface area contributed by atoms with Crippen LogP contribution in [-0.2, 0) is 6.54 Å². The van der Waals surface area contributed by atoms with Crippen LogP contribution in [0.3, 0.4) is 0 Å². The lowest BCUT2D eigenvalue weighted by Gasteiger charge is -2.21. The first-order valence-electron chi connectivity index (χ1n) is 5.59. The molecule has 1 aromatic rings. The third kappa shape index (κ3) is 4.47. The van der Waals surface area contributed by atoms with Crippen molar-refractivity contribution in [2.45, 2.75) is 11.8 Å². The van der Waals surface area contributed by atoms with Gasteiger partial charge >= 0.3 is 0 Å². The van der Waals surface area contributed by atoms with E-state index < -0.39 is 0 Å². The Kier molecular flexibility index (Phi) is 5.66. The van der Waals surface area contributed by atoms with Gasteiger partial charge in [0.25, 0.3) is 0 Å². The Hall–Kier alpha value is 0.290. The van der Waals surface area contributed by atoms with E-state index >= 15 is 0 Å². The van der Waals surface area contributed by atoms with Crippen LogP contribution >= 0.6 is 39.5 Å². The molecule has 0 aliphatic carbocycles. The van der Waals surface area contributed by atoms with Crippen molar-refractivity contribution in [1.82, 2.24) is 5.32 Å². The van der Waals surface area contributed by atoms with Gasteiger partial charge in [0.05, 0.1) is 4.47 Å². The van der Waals surface area contributed by atoms with Crippen LogP contribution in [0.15, 0.2) is 22.7 Å². The third-order valence-electron chi connectivity index (χ3n) is 2.57. The van der Waals surface area contributed by atoms with Crippen LogP contribution in [0.4, 0.5) is 4.39 Å². The number of rotatable bonds is 4. The quantitative estimate of drug-likeness (QED) is 0.903. The van der Waals surface area contributed by atoms with Crippen LogP contribution in [-0.4, -0.2) is 29.1 Å². The molecular formula is C12H15BrFNS2. The van der Waals surface area contributed by atoms with Crippen LogP contribution < -0.4 is 5.32 Å². The van der Waals surface area contributed by atoms with Crippen LogP contribution in [0.5, 0.6) is 0 Å². The first kappa shape index (κ1) is 13.7. The smallest absolute Gasteiger partial charge is 0.137 e. The van der Waals surface area contributed by atoms with Gasteiger partial charge in [0.15, 0.2) is 0 Å². The van der Waals surface area contributed by atoms with E-state index in [9.17, 15) is 4.39 Å². The molecule has 1 heterocycles. The van der Waals surface area contributed by atoms with E-state index in [-0.39, 0.29) is 5.82 Å². The molecule has 2 rings (SSSR count). The van der Waals surface area contributed by atoms with Crippen molar-refractivity contribution in [2.75, 3.05) is 23.8 Å². The van der Waals surface area contributed by atoms with Gasteiger partial charge in [-0.15, -0.1) is 0 Å². The minimum Gasteiger partial charge on any atom is -0.312 e. The number of thioether (sulfide) groups is 2. The molecule has 1 N–H and O–H groups in total. The summed E-state index contributed by atoms with van der Waals surface area (Å²) in [5.74, 6) is 3.57. The monoisotopic (exact) mass is 335 g/mol. The van der Waals surface area contributed by atoms with Gasteiger partial charge in [-0.3, -0.25) is 0 Å². The van der Waals surface area contributed by atoms with Crippen molar-refractivity contribution in [3.05, 3.63) is 34.1 Å². The summed E-state index contributed by atoms with van der Waals surface area (Å²) < 4.78 is 13.8. The molecule has 0 radical (unpaired) electrons. The number of halogens is 2. The highest BCUT2D eigenvalue weighted by Crippen LogP contribution is 2.23. The Balaban J connectivity index is 1.75. The number of nitrogens with one attached hydrogen (secondary N) is 1. The zero-order valence-electron chi connectivity index (χ0n) is 9.42. The lowest BCUT2D eigenvalue weighted by atomic mass is 10.2. The second kappa shape index (κ2) is 7.02. The van der Waals surface area contributed by atoms with E-state index in [0.29, 0.717) is 9.72 Å². The summed E-state index contributed by atoms with van der Waals surface area (Å²) in [7, 11) is 0. The van der Waals surface area contributed by atoms with E-state index in [1.165, 1.54) is 17.3 Å². The van der Waals surface area contributed by atoms with Gasteiger partial charge in [-0.05, 0) is 33.6 Å². The summed E-state index contributed by atoms with van der Waals surface area (Å²) in [5, 5.41) is 4.10. The van der Waals surface area contributed by atoms with Crippen molar-refractivity contribution < 1.29 is 4.39 Å². The van der Waals surface area contributed by atoms with Crippen LogP contribution in [0, 0.1) is 5.82 Å². The highest BCUT2D eigenvalue weighted by Gasteiger charge is 2.13. The van der Waals surface area contributed by atoms with Crippen molar-refractivity contribution in [3.63, 3.8) is 0 Å². The molecule has 1 fully saturated rings. The average Bonchev–Trinajstić information content (AvgIpc) is 2.35. The summed E-state index contributed by atoms with van der Waals surface area (Å²) >= 11 is 7.22. The molecule has 1 saturated heterocycles. The highest BCUT2D eigenvalue weighted by atomic mass is 79.9. The summed E-state index contributed by atoms with van der Waals surface area (Å²) in [6.45, 7) is 1.75. The van der Waals surface area contributed by atoms with Gasteiger partial charge in [0, 0.05) is 35.6 Å². The maximum absolute atomic E-state index is 13.3. The molecule has 0 saturated carbocycles.